The van der Waals surface area contributed by atoms with Gasteiger partial charge in [0.05, 0.1) is 21.3 Å². The second-order valence-electron chi connectivity index (χ2n) is 7.35. The number of ether oxygens (including phenoxy) is 3. The number of hydrogen-bond donors (Lipinski definition) is 2. The summed E-state index contributed by atoms with van der Waals surface area (Å²) in [5, 5.41) is 12.5. The van der Waals surface area contributed by atoms with Crippen LogP contribution in [0.15, 0.2) is 59.1 Å². The minimum atomic E-state index is -0.572. The number of nitrogens with zero attached hydrogens (tertiary/aromatic N) is 1. The standard InChI is InChI=1S/C25H26N2O5/c1-15(28)27-14-16-6-5-7-17(10-16)19-8-9-26-20-13-21(32-24(19)20)18-11-22(29-2)25(31-4)23(12-18)30-3/h5-13,15,27-28H,14H2,1-4H3. The van der Waals surface area contributed by atoms with Crippen LogP contribution in [0.2, 0.25) is 0 Å². The molecule has 0 aliphatic heterocycles. The highest BCUT2D eigenvalue weighted by Crippen LogP contribution is 2.42. The quantitative estimate of drug-likeness (QED) is 0.392. The van der Waals surface area contributed by atoms with Crippen molar-refractivity contribution >= 4 is 11.1 Å². The summed E-state index contributed by atoms with van der Waals surface area (Å²) >= 11 is 0. The van der Waals surface area contributed by atoms with Crippen LogP contribution < -0.4 is 19.5 Å². The molecule has 32 heavy (non-hydrogen) atoms. The second kappa shape index (κ2) is 9.30. The van der Waals surface area contributed by atoms with Crippen LogP contribution in [0.3, 0.4) is 0 Å². The molecule has 0 amide bonds. The van der Waals surface area contributed by atoms with Gasteiger partial charge in [-0.25, -0.2) is 0 Å². The largest absolute Gasteiger partial charge is 0.493 e. The Labute approximate surface area is 186 Å². The van der Waals surface area contributed by atoms with Gasteiger partial charge < -0.3 is 23.7 Å². The van der Waals surface area contributed by atoms with Crippen molar-refractivity contribution in [2.75, 3.05) is 21.3 Å². The molecule has 7 heteroatoms. The van der Waals surface area contributed by atoms with E-state index in [1.54, 1.807) is 34.4 Å². The zero-order valence-electron chi connectivity index (χ0n) is 18.5. The van der Waals surface area contributed by atoms with E-state index in [-0.39, 0.29) is 0 Å². The first-order valence-electron chi connectivity index (χ1n) is 10.2. The maximum Gasteiger partial charge on any atom is 0.203 e. The Morgan fingerprint density at radius 1 is 0.969 bits per heavy atom. The third-order valence-corrected chi connectivity index (χ3v) is 5.20. The van der Waals surface area contributed by atoms with E-state index in [9.17, 15) is 5.11 Å². The fourth-order valence-electron chi connectivity index (χ4n) is 3.65. The molecule has 2 aromatic carbocycles. The number of aliphatic hydroxyl groups is 1. The van der Waals surface area contributed by atoms with Gasteiger partial charge in [-0.1, -0.05) is 18.2 Å². The van der Waals surface area contributed by atoms with Crippen LogP contribution in [-0.4, -0.2) is 37.6 Å². The van der Waals surface area contributed by atoms with Crippen LogP contribution in [0, 0.1) is 0 Å². The van der Waals surface area contributed by atoms with Gasteiger partial charge in [-0.15, -0.1) is 0 Å². The third kappa shape index (κ3) is 4.26. The number of rotatable bonds is 8. The molecule has 0 radical (unpaired) electrons. The molecule has 2 N–H and O–H groups in total. The maximum atomic E-state index is 9.50. The van der Waals surface area contributed by atoms with Crippen molar-refractivity contribution in [1.82, 2.24) is 10.3 Å². The van der Waals surface area contributed by atoms with Crippen LogP contribution in [0.5, 0.6) is 17.2 Å². The molecule has 0 bridgehead atoms. The Morgan fingerprint density at radius 2 is 1.72 bits per heavy atom. The normalized spacial score (nSPS) is 12.0. The number of aliphatic hydroxyl groups excluding tert-OH is 1. The molecule has 2 aromatic heterocycles. The number of pyridine rings is 1. The molecule has 0 spiro atoms. The van der Waals surface area contributed by atoms with E-state index < -0.39 is 6.23 Å². The predicted octanol–water partition coefficient (Wildman–Crippen LogP) is 4.62. The molecule has 1 unspecified atom stereocenters. The number of fused-ring (bicyclic) bond motifs is 1. The molecule has 0 saturated carbocycles. The number of furan rings is 1. The van der Waals surface area contributed by atoms with Gasteiger partial charge in [0.15, 0.2) is 17.1 Å². The lowest BCUT2D eigenvalue weighted by atomic mass is 10.0. The van der Waals surface area contributed by atoms with Gasteiger partial charge in [-0.3, -0.25) is 10.3 Å². The topological polar surface area (TPSA) is 86.0 Å². The van der Waals surface area contributed by atoms with Crippen molar-refractivity contribution < 1.29 is 23.7 Å². The summed E-state index contributed by atoms with van der Waals surface area (Å²) < 4.78 is 22.6. The van der Waals surface area contributed by atoms with Crippen molar-refractivity contribution in [1.29, 1.82) is 0 Å². The Hall–Kier alpha value is -3.55. The average Bonchev–Trinajstić information content (AvgIpc) is 3.26. The Morgan fingerprint density at radius 3 is 2.38 bits per heavy atom. The molecule has 4 rings (SSSR count). The summed E-state index contributed by atoms with van der Waals surface area (Å²) in [6.07, 6.45) is 1.20. The van der Waals surface area contributed by atoms with Crippen molar-refractivity contribution in [2.45, 2.75) is 19.7 Å². The number of hydrogen-bond acceptors (Lipinski definition) is 7. The summed E-state index contributed by atoms with van der Waals surface area (Å²) in [6, 6.07) is 15.6. The zero-order chi connectivity index (χ0) is 22.7. The minimum absolute atomic E-state index is 0.524. The van der Waals surface area contributed by atoms with E-state index >= 15 is 0 Å². The maximum absolute atomic E-state index is 9.50. The van der Waals surface area contributed by atoms with E-state index in [0.717, 1.165) is 27.8 Å². The molecular formula is C25H26N2O5. The molecule has 0 aliphatic rings. The fourth-order valence-corrected chi connectivity index (χ4v) is 3.65. The number of benzene rings is 2. The second-order valence-corrected chi connectivity index (χ2v) is 7.35. The van der Waals surface area contributed by atoms with Crippen LogP contribution in [-0.2, 0) is 6.54 Å². The average molecular weight is 434 g/mol. The van der Waals surface area contributed by atoms with Gasteiger partial charge in [0.2, 0.25) is 5.75 Å². The smallest absolute Gasteiger partial charge is 0.203 e. The van der Waals surface area contributed by atoms with E-state index in [1.807, 2.05) is 42.5 Å². The molecule has 0 aliphatic carbocycles. The lowest BCUT2D eigenvalue weighted by Gasteiger charge is -2.13. The highest BCUT2D eigenvalue weighted by molar-refractivity contribution is 5.92. The van der Waals surface area contributed by atoms with Crippen molar-refractivity contribution in [3.63, 3.8) is 0 Å². The minimum Gasteiger partial charge on any atom is -0.493 e. The van der Waals surface area contributed by atoms with Crippen molar-refractivity contribution in [3.8, 4) is 39.7 Å². The summed E-state index contributed by atoms with van der Waals surface area (Å²) in [5.74, 6) is 2.27. The first kappa shape index (κ1) is 21.7. The Bertz CT molecular complexity index is 1210. The van der Waals surface area contributed by atoms with Crippen molar-refractivity contribution in [3.05, 3.63) is 60.3 Å². The molecule has 1 atom stereocenters. The van der Waals surface area contributed by atoms with Gasteiger partial charge in [0.25, 0.3) is 0 Å². The Balaban J connectivity index is 1.78. The number of methoxy groups -OCH3 is 3. The lowest BCUT2D eigenvalue weighted by molar-refractivity contribution is 0.155. The third-order valence-electron chi connectivity index (χ3n) is 5.20. The molecule has 4 aromatic rings. The lowest BCUT2D eigenvalue weighted by Crippen LogP contribution is -2.24. The van der Waals surface area contributed by atoms with Gasteiger partial charge in [0.1, 0.15) is 17.5 Å². The molecule has 0 saturated heterocycles. The fraction of sp³-hybridized carbons (Fsp3) is 0.240. The number of nitrogens with one attached hydrogen (secondary N) is 1. The highest BCUT2D eigenvalue weighted by atomic mass is 16.5. The van der Waals surface area contributed by atoms with Gasteiger partial charge in [0, 0.05) is 29.9 Å². The molecule has 166 valence electrons. The van der Waals surface area contributed by atoms with Crippen LogP contribution in [0.25, 0.3) is 33.6 Å². The predicted molar refractivity (Wildman–Crippen MR) is 123 cm³/mol. The SMILES string of the molecule is COc1cc(-c2cc3nccc(-c4cccc(CNC(C)O)c4)c3o2)cc(OC)c1OC. The van der Waals surface area contributed by atoms with E-state index in [4.69, 9.17) is 18.6 Å². The monoisotopic (exact) mass is 434 g/mol. The van der Waals surface area contributed by atoms with Gasteiger partial charge in [-0.2, -0.15) is 0 Å². The first-order valence-corrected chi connectivity index (χ1v) is 10.2. The molecule has 7 nitrogen and oxygen atoms in total. The van der Waals surface area contributed by atoms with Crippen LogP contribution in [0.1, 0.15) is 12.5 Å². The summed E-state index contributed by atoms with van der Waals surface area (Å²) in [7, 11) is 4.74. The summed E-state index contributed by atoms with van der Waals surface area (Å²) in [6.45, 7) is 2.26. The molecular weight excluding hydrogens is 408 g/mol. The van der Waals surface area contributed by atoms with E-state index in [0.29, 0.717) is 35.1 Å². The first-order chi connectivity index (χ1) is 15.5. The summed E-state index contributed by atoms with van der Waals surface area (Å²) in [5.41, 5.74) is 5.24. The zero-order valence-corrected chi connectivity index (χ0v) is 18.5. The number of aromatic nitrogens is 1. The van der Waals surface area contributed by atoms with Crippen molar-refractivity contribution in [2.24, 2.45) is 0 Å². The van der Waals surface area contributed by atoms with Crippen LogP contribution >= 0.6 is 0 Å². The molecule has 0 fully saturated rings. The van der Waals surface area contributed by atoms with Gasteiger partial charge >= 0.3 is 0 Å². The van der Waals surface area contributed by atoms with E-state index in [2.05, 4.69) is 16.4 Å². The molecule has 2 heterocycles. The van der Waals surface area contributed by atoms with Gasteiger partial charge in [-0.05, 0) is 42.3 Å². The highest BCUT2D eigenvalue weighted by Gasteiger charge is 2.18. The van der Waals surface area contributed by atoms with E-state index in [1.165, 1.54) is 0 Å². The Kier molecular flexibility index (Phi) is 6.30. The van der Waals surface area contributed by atoms with Crippen LogP contribution in [0.4, 0.5) is 0 Å². The summed E-state index contributed by atoms with van der Waals surface area (Å²) in [4.78, 5) is 4.49.